The first-order valence-electron chi connectivity index (χ1n) is 3.13. The summed E-state index contributed by atoms with van der Waals surface area (Å²) in [6.07, 6.45) is 1.01. The molecule has 11 heavy (non-hydrogen) atoms. The summed E-state index contributed by atoms with van der Waals surface area (Å²) in [7, 11) is 0. The van der Waals surface area contributed by atoms with Crippen LogP contribution in [0.25, 0.3) is 0 Å². The van der Waals surface area contributed by atoms with Crippen LogP contribution in [0.5, 0.6) is 0 Å². The molecule has 0 unspecified atom stereocenters. The van der Waals surface area contributed by atoms with E-state index in [2.05, 4.69) is 14.7 Å². The average Bonchev–Trinajstić information content (AvgIpc) is 1.89. The Hall–Kier alpha value is -0.770. The molecule has 0 bridgehead atoms. The van der Waals surface area contributed by atoms with Crippen LogP contribution in [0.1, 0.15) is 13.8 Å². The molecule has 0 radical (unpaired) electrons. The minimum Gasteiger partial charge on any atom is -0.462 e. The number of rotatable bonds is 4. The number of halogens is 1. The SMILES string of the molecule is CCO/N=C/C(=O)OCC.Cl. The summed E-state index contributed by atoms with van der Waals surface area (Å²) >= 11 is 0. The molecular weight excluding hydrogens is 170 g/mol. The van der Waals surface area contributed by atoms with Gasteiger partial charge in [-0.05, 0) is 13.8 Å². The highest BCUT2D eigenvalue weighted by Crippen LogP contribution is 1.75. The molecule has 5 heteroatoms. The van der Waals surface area contributed by atoms with Crippen LogP contribution in [-0.4, -0.2) is 25.4 Å². The molecule has 0 heterocycles. The Morgan fingerprint density at radius 3 is 2.55 bits per heavy atom. The summed E-state index contributed by atoms with van der Waals surface area (Å²) in [5.74, 6) is -0.476. The number of hydrogen-bond donors (Lipinski definition) is 0. The van der Waals surface area contributed by atoms with Crippen LogP contribution in [-0.2, 0) is 14.4 Å². The number of hydrogen-bond acceptors (Lipinski definition) is 4. The fourth-order valence-electron chi connectivity index (χ4n) is 0.334. The van der Waals surface area contributed by atoms with E-state index < -0.39 is 5.97 Å². The Kier molecular flexibility index (Phi) is 10.8. The van der Waals surface area contributed by atoms with Gasteiger partial charge in [-0.25, -0.2) is 4.79 Å². The third-order valence-electron chi connectivity index (χ3n) is 0.648. The molecule has 0 saturated carbocycles. The van der Waals surface area contributed by atoms with Gasteiger partial charge in [-0.3, -0.25) is 0 Å². The van der Waals surface area contributed by atoms with E-state index in [1.165, 1.54) is 0 Å². The van der Waals surface area contributed by atoms with E-state index in [0.29, 0.717) is 13.2 Å². The maximum Gasteiger partial charge on any atom is 0.352 e. The summed E-state index contributed by atoms with van der Waals surface area (Å²) in [6.45, 7) is 4.32. The zero-order valence-electron chi connectivity index (χ0n) is 6.57. The van der Waals surface area contributed by atoms with Crippen molar-refractivity contribution in [1.29, 1.82) is 0 Å². The molecule has 4 nitrogen and oxygen atoms in total. The minimum atomic E-state index is -0.476. The average molecular weight is 182 g/mol. The Balaban J connectivity index is 0. The molecule has 0 aliphatic heterocycles. The van der Waals surface area contributed by atoms with Crippen molar-refractivity contribution < 1.29 is 14.4 Å². The van der Waals surface area contributed by atoms with E-state index in [0.717, 1.165) is 6.21 Å². The van der Waals surface area contributed by atoms with Crippen molar-refractivity contribution in [1.82, 2.24) is 0 Å². The second-order valence-corrected chi connectivity index (χ2v) is 1.40. The second-order valence-electron chi connectivity index (χ2n) is 1.40. The van der Waals surface area contributed by atoms with Crippen molar-refractivity contribution in [3.63, 3.8) is 0 Å². The first-order chi connectivity index (χ1) is 4.81. The van der Waals surface area contributed by atoms with E-state index in [1.807, 2.05) is 0 Å². The van der Waals surface area contributed by atoms with Gasteiger partial charge in [-0.15, -0.1) is 12.4 Å². The third kappa shape index (κ3) is 9.23. The van der Waals surface area contributed by atoms with Gasteiger partial charge in [0.05, 0.1) is 6.61 Å². The third-order valence-corrected chi connectivity index (χ3v) is 0.648. The molecule has 0 saturated heterocycles. The lowest BCUT2D eigenvalue weighted by Crippen LogP contribution is -2.04. The number of ether oxygens (including phenoxy) is 1. The maximum absolute atomic E-state index is 10.5. The monoisotopic (exact) mass is 181 g/mol. The van der Waals surface area contributed by atoms with Crippen molar-refractivity contribution in [3.05, 3.63) is 0 Å². The van der Waals surface area contributed by atoms with Crippen molar-refractivity contribution in [2.24, 2.45) is 5.16 Å². The minimum absolute atomic E-state index is 0. The Morgan fingerprint density at radius 1 is 1.45 bits per heavy atom. The van der Waals surface area contributed by atoms with Crippen molar-refractivity contribution in [3.8, 4) is 0 Å². The zero-order valence-corrected chi connectivity index (χ0v) is 7.39. The van der Waals surface area contributed by atoms with Crippen molar-refractivity contribution in [2.45, 2.75) is 13.8 Å². The highest BCUT2D eigenvalue weighted by atomic mass is 35.5. The predicted octanol–water partition coefficient (Wildman–Crippen LogP) is 0.994. The molecule has 0 rings (SSSR count). The number of oxime groups is 1. The first kappa shape index (κ1) is 12.9. The molecule has 0 fully saturated rings. The van der Waals surface area contributed by atoms with Crippen LogP contribution in [0.4, 0.5) is 0 Å². The number of carbonyl (C=O) groups is 1. The largest absolute Gasteiger partial charge is 0.462 e. The summed E-state index contributed by atoms with van der Waals surface area (Å²) in [4.78, 5) is 15.0. The first-order valence-corrected chi connectivity index (χ1v) is 3.13. The Labute approximate surface area is 72.0 Å². The predicted molar refractivity (Wildman–Crippen MR) is 44.0 cm³/mol. The quantitative estimate of drug-likeness (QED) is 0.369. The second kappa shape index (κ2) is 9.23. The normalized spacial score (nSPS) is 8.91. The maximum atomic E-state index is 10.5. The van der Waals surface area contributed by atoms with Gasteiger partial charge in [0, 0.05) is 0 Å². The standard InChI is InChI=1S/C6H11NO3.ClH/c1-3-9-6(8)5-7-10-4-2;/h5H,3-4H2,1-2H3;1H/b7-5+;. The molecule has 66 valence electrons. The molecule has 0 amide bonds. The van der Waals surface area contributed by atoms with E-state index in [-0.39, 0.29) is 12.4 Å². The van der Waals surface area contributed by atoms with Gasteiger partial charge in [0.2, 0.25) is 0 Å². The van der Waals surface area contributed by atoms with Gasteiger partial charge in [-0.1, -0.05) is 5.16 Å². The van der Waals surface area contributed by atoms with Crippen LogP contribution >= 0.6 is 12.4 Å². The highest BCUT2D eigenvalue weighted by Gasteiger charge is 1.92. The van der Waals surface area contributed by atoms with E-state index in [1.54, 1.807) is 13.8 Å². The van der Waals surface area contributed by atoms with Crippen LogP contribution in [0.3, 0.4) is 0 Å². The van der Waals surface area contributed by atoms with Crippen LogP contribution in [0.2, 0.25) is 0 Å². The lowest BCUT2D eigenvalue weighted by Gasteiger charge is -1.93. The lowest BCUT2D eigenvalue weighted by atomic mass is 10.7. The Morgan fingerprint density at radius 2 is 2.09 bits per heavy atom. The van der Waals surface area contributed by atoms with Gasteiger partial charge in [-0.2, -0.15) is 0 Å². The number of esters is 1. The topological polar surface area (TPSA) is 47.9 Å². The fourth-order valence-corrected chi connectivity index (χ4v) is 0.334. The van der Waals surface area contributed by atoms with E-state index in [4.69, 9.17) is 0 Å². The summed E-state index contributed by atoms with van der Waals surface area (Å²) in [5.41, 5.74) is 0. The van der Waals surface area contributed by atoms with Gasteiger partial charge < -0.3 is 9.57 Å². The smallest absolute Gasteiger partial charge is 0.352 e. The molecule has 0 aliphatic carbocycles. The highest BCUT2D eigenvalue weighted by molar-refractivity contribution is 6.22. The van der Waals surface area contributed by atoms with Gasteiger partial charge in [0.1, 0.15) is 6.61 Å². The number of carbonyl (C=O) groups excluding carboxylic acids is 1. The van der Waals surface area contributed by atoms with Crippen LogP contribution in [0, 0.1) is 0 Å². The van der Waals surface area contributed by atoms with Crippen LogP contribution < -0.4 is 0 Å². The lowest BCUT2D eigenvalue weighted by molar-refractivity contribution is -0.134. The fraction of sp³-hybridized carbons (Fsp3) is 0.667. The zero-order chi connectivity index (χ0) is 7.82. The molecule has 0 N–H and O–H groups in total. The molecule has 0 atom stereocenters. The molecule has 0 aromatic heterocycles. The van der Waals surface area contributed by atoms with E-state index >= 15 is 0 Å². The summed E-state index contributed by atoms with van der Waals surface area (Å²) in [6, 6.07) is 0. The Bertz CT molecular complexity index is 127. The van der Waals surface area contributed by atoms with Crippen molar-refractivity contribution in [2.75, 3.05) is 13.2 Å². The van der Waals surface area contributed by atoms with Gasteiger partial charge in [0.25, 0.3) is 0 Å². The molecule has 0 aromatic carbocycles. The molecule has 0 aromatic rings. The summed E-state index contributed by atoms with van der Waals surface area (Å²) in [5, 5.41) is 3.31. The summed E-state index contributed by atoms with van der Waals surface area (Å²) < 4.78 is 4.52. The van der Waals surface area contributed by atoms with Crippen LogP contribution in [0.15, 0.2) is 5.16 Å². The number of nitrogens with zero attached hydrogens (tertiary/aromatic N) is 1. The molecule has 0 spiro atoms. The molecular formula is C6H12ClNO3. The van der Waals surface area contributed by atoms with E-state index in [9.17, 15) is 4.79 Å². The van der Waals surface area contributed by atoms with Gasteiger partial charge >= 0.3 is 5.97 Å². The van der Waals surface area contributed by atoms with Crippen molar-refractivity contribution >= 4 is 24.6 Å². The van der Waals surface area contributed by atoms with Gasteiger partial charge in [0.15, 0.2) is 6.21 Å². The molecule has 0 aliphatic rings.